The lowest BCUT2D eigenvalue weighted by molar-refractivity contribution is 0.0777. The summed E-state index contributed by atoms with van der Waals surface area (Å²) in [6.07, 6.45) is 2.96. The average Bonchev–Trinajstić information content (AvgIpc) is 2.85. The van der Waals surface area contributed by atoms with E-state index in [0.29, 0.717) is 5.92 Å². The van der Waals surface area contributed by atoms with Gasteiger partial charge in [-0.2, -0.15) is 0 Å². The summed E-state index contributed by atoms with van der Waals surface area (Å²) in [4.78, 5) is 17.4. The normalized spacial score (nSPS) is 12.6. The second-order valence-electron chi connectivity index (χ2n) is 4.94. The van der Waals surface area contributed by atoms with E-state index in [2.05, 4.69) is 18.8 Å². The first-order chi connectivity index (χ1) is 8.63. The maximum atomic E-state index is 12.4. The fourth-order valence-corrected chi connectivity index (χ4v) is 2.16. The third-order valence-electron chi connectivity index (χ3n) is 3.45. The fraction of sp³-hybridized carbons (Fsp3) is 0.400. The van der Waals surface area contributed by atoms with Crippen LogP contribution >= 0.6 is 0 Å². The van der Waals surface area contributed by atoms with Crippen molar-refractivity contribution in [2.45, 2.75) is 20.3 Å². The van der Waals surface area contributed by atoms with Crippen molar-refractivity contribution in [2.24, 2.45) is 5.92 Å². The van der Waals surface area contributed by atoms with Crippen LogP contribution in [0.2, 0.25) is 0 Å². The van der Waals surface area contributed by atoms with Crippen molar-refractivity contribution < 1.29 is 4.79 Å². The van der Waals surface area contributed by atoms with Gasteiger partial charge in [0, 0.05) is 36.3 Å². The van der Waals surface area contributed by atoms with Gasteiger partial charge >= 0.3 is 0 Å². The maximum Gasteiger partial charge on any atom is 0.254 e. The number of H-pyrrole nitrogens is 1. The Labute approximate surface area is 108 Å². The van der Waals surface area contributed by atoms with E-state index in [1.807, 2.05) is 42.4 Å². The molecule has 2 rings (SSSR count). The molecule has 0 saturated heterocycles. The quantitative estimate of drug-likeness (QED) is 0.880. The molecule has 1 atom stereocenters. The van der Waals surface area contributed by atoms with Gasteiger partial charge in [0.2, 0.25) is 0 Å². The van der Waals surface area contributed by atoms with Gasteiger partial charge in [0.1, 0.15) is 0 Å². The molecule has 2 aromatic rings. The predicted octanol–water partition coefficient (Wildman–Crippen LogP) is 3.29. The van der Waals surface area contributed by atoms with Crippen molar-refractivity contribution in [1.82, 2.24) is 9.88 Å². The Morgan fingerprint density at radius 3 is 2.89 bits per heavy atom. The molecule has 3 nitrogen and oxygen atoms in total. The van der Waals surface area contributed by atoms with E-state index in [1.165, 1.54) is 0 Å². The third kappa shape index (κ3) is 2.40. The molecule has 0 saturated carbocycles. The standard InChI is InChI=1S/C15H20N2O/c1-4-11(2)10-17(3)15(18)13-6-5-7-14-12(13)8-9-16-14/h5-9,11,16H,4,10H2,1-3H3. The van der Waals surface area contributed by atoms with Crippen LogP contribution in [0.4, 0.5) is 0 Å². The lowest BCUT2D eigenvalue weighted by atomic mass is 10.1. The summed E-state index contributed by atoms with van der Waals surface area (Å²) < 4.78 is 0. The highest BCUT2D eigenvalue weighted by Gasteiger charge is 2.16. The number of aromatic nitrogens is 1. The fourth-order valence-electron chi connectivity index (χ4n) is 2.16. The molecule has 0 fully saturated rings. The van der Waals surface area contributed by atoms with Gasteiger partial charge in [-0.3, -0.25) is 4.79 Å². The molecule has 1 amide bonds. The van der Waals surface area contributed by atoms with E-state index < -0.39 is 0 Å². The van der Waals surface area contributed by atoms with Crippen LogP contribution in [0.3, 0.4) is 0 Å². The monoisotopic (exact) mass is 244 g/mol. The van der Waals surface area contributed by atoms with E-state index >= 15 is 0 Å². The smallest absolute Gasteiger partial charge is 0.254 e. The summed E-state index contributed by atoms with van der Waals surface area (Å²) in [6.45, 7) is 5.12. The minimum atomic E-state index is 0.0977. The molecule has 1 aromatic carbocycles. The molecule has 1 aromatic heterocycles. The Hall–Kier alpha value is -1.77. The van der Waals surface area contributed by atoms with Crippen LogP contribution in [0.5, 0.6) is 0 Å². The van der Waals surface area contributed by atoms with Gasteiger partial charge in [0.25, 0.3) is 5.91 Å². The summed E-state index contributed by atoms with van der Waals surface area (Å²) in [5, 5.41) is 0.999. The zero-order chi connectivity index (χ0) is 13.1. The Morgan fingerprint density at radius 2 is 2.17 bits per heavy atom. The molecular formula is C15H20N2O. The van der Waals surface area contributed by atoms with Crippen LogP contribution in [-0.2, 0) is 0 Å². The van der Waals surface area contributed by atoms with Crippen molar-refractivity contribution in [3.63, 3.8) is 0 Å². The highest BCUT2D eigenvalue weighted by atomic mass is 16.2. The summed E-state index contributed by atoms with van der Waals surface area (Å²) in [6, 6.07) is 7.76. The molecule has 0 spiro atoms. The van der Waals surface area contributed by atoms with E-state index in [0.717, 1.165) is 29.4 Å². The van der Waals surface area contributed by atoms with Gasteiger partial charge in [-0.25, -0.2) is 0 Å². The number of nitrogens with zero attached hydrogens (tertiary/aromatic N) is 1. The van der Waals surface area contributed by atoms with Crippen molar-refractivity contribution in [3.8, 4) is 0 Å². The SMILES string of the molecule is CCC(C)CN(C)C(=O)c1cccc2[nH]ccc12. The first-order valence-corrected chi connectivity index (χ1v) is 6.45. The van der Waals surface area contributed by atoms with Crippen LogP contribution in [0, 0.1) is 5.92 Å². The zero-order valence-corrected chi connectivity index (χ0v) is 11.2. The van der Waals surface area contributed by atoms with Crippen LogP contribution in [0.1, 0.15) is 30.6 Å². The minimum Gasteiger partial charge on any atom is -0.361 e. The second-order valence-corrected chi connectivity index (χ2v) is 4.94. The molecule has 18 heavy (non-hydrogen) atoms. The summed E-state index contributed by atoms with van der Waals surface area (Å²) in [5.74, 6) is 0.630. The van der Waals surface area contributed by atoms with Crippen LogP contribution in [0.25, 0.3) is 10.9 Å². The number of amides is 1. The van der Waals surface area contributed by atoms with Crippen molar-refractivity contribution in [2.75, 3.05) is 13.6 Å². The Bertz CT molecular complexity index is 544. The van der Waals surface area contributed by atoms with Gasteiger partial charge < -0.3 is 9.88 Å². The maximum absolute atomic E-state index is 12.4. The first kappa shape index (κ1) is 12.7. The number of rotatable bonds is 4. The van der Waals surface area contributed by atoms with E-state index in [4.69, 9.17) is 0 Å². The van der Waals surface area contributed by atoms with E-state index in [9.17, 15) is 4.79 Å². The molecular weight excluding hydrogens is 224 g/mol. The molecule has 1 N–H and O–H groups in total. The highest BCUT2D eigenvalue weighted by Crippen LogP contribution is 2.19. The number of carbonyl (C=O) groups is 1. The number of nitrogens with one attached hydrogen (secondary N) is 1. The highest BCUT2D eigenvalue weighted by molar-refractivity contribution is 6.06. The van der Waals surface area contributed by atoms with Crippen LogP contribution < -0.4 is 0 Å². The van der Waals surface area contributed by atoms with Crippen molar-refractivity contribution in [1.29, 1.82) is 0 Å². The summed E-state index contributed by atoms with van der Waals surface area (Å²) >= 11 is 0. The van der Waals surface area contributed by atoms with Gasteiger partial charge in [-0.05, 0) is 24.1 Å². The summed E-state index contributed by atoms with van der Waals surface area (Å²) in [7, 11) is 1.87. The average molecular weight is 244 g/mol. The number of hydrogen-bond donors (Lipinski definition) is 1. The van der Waals surface area contributed by atoms with Crippen molar-refractivity contribution in [3.05, 3.63) is 36.0 Å². The zero-order valence-electron chi connectivity index (χ0n) is 11.2. The predicted molar refractivity (Wildman–Crippen MR) is 74.7 cm³/mol. The lowest BCUT2D eigenvalue weighted by Gasteiger charge is -2.21. The second kappa shape index (κ2) is 5.25. The first-order valence-electron chi connectivity index (χ1n) is 6.45. The Balaban J connectivity index is 2.25. The molecule has 0 radical (unpaired) electrons. The molecule has 0 aliphatic rings. The third-order valence-corrected chi connectivity index (χ3v) is 3.45. The van der Waals surface area contributed by atoms with E-state index in [-0.39, 0.29) is 5.91 Å². The van der Waals surface area contributed by atoms with Gasteiger partial charge in [0.05, 0.1) is 0 Å². The number of benzene rings is 1. The molecule has 0 bridgehead atoms. The number of hydrogen-bond acceptors (Lipinski definition) is 1. The Morgan fingerprint density at radius 1 is 1.39 bits per heavy atom. The number of aromatic amines is 1. The van der Waals surface area contributed by atoms with E-state index in [1.54, 1.807) is 0 Å². The Kier molecular flexibility index (Phi) is 3.70. The minimum absolute atomic E-state index is 0.0977. The largest absolute Gasteiger partial charge is 0.361 e. The van der Waals surface area contributed by atoms with Gasteiger partial charge in [-0.1, -0.05) is 26.3 Å². The molecule has 1 heterocycles. The topological polar surface area (TPSA) is 36.1 Å². The van der Waals surface area contributed by atoms with Gasteiger partial charge in [0.15, 0.2) is 0 Å². The molecule has 1 unspecified atom stereocenters. The molecule has 0 aliphatic carbocycles. The number of carbonyl (C=O) groups excluding carboxylic acids is 1. The summed E-state index contributed by atoms with van der Waals surface area (Å²) in [5.41, 5.74) is 1.79. The molecule has 3 heteroatoms. The van der Waals surface area contributed by atoms with Crippen molar-refractivity contribution >= 4 is 16.8 Å². The lowest BCUT2D eigenvalue weighted by Crippen LogP contribution is -2.30. The van der Waals surface area contributed by atoms with Gasteiger partial charge in [-0.15, -0.1) is 0 Å². The molecule has 0 aliphatic heterocycles. The number of fused-ring (bicyclic) bond motifs is 1. The van der Waals surface area contributed by atoms with Crippen LogP contribution in [-0.4, -0.2) is 29.4 Å². The molecule has 96 valence electrons. The van der Waals surface area contributed by atoms with Crippen LogP contribution in [0.15, 0.2) is 30.5 Å².